The van der Waals surface area contributed by atoms with Gasteiger partial charge in [-0.15, -0.1) is 0 Å². The Kier molecular flexibility index (Phi) is 3.29. The van der Waals surface area contributed by atoms with Crippen LogP contribution in [0.2, 0.25) is 0 Å². The monoisotopic (exact) mass is 235 g/mol. The number of benzene rings is 1. The van der Waals surface area contributed by atoms with E-state index in [9.17, 15) is 5.11 Å². The third-order valence-corrected chi connectivity index (χ3v) is 3.64. The Morgan fingerprint density at radius 3 is 2.76 bits per heavy atom. The molecule has 0 aliphatic heterocycles. The van der Waals surface area contributed by atoms with Crippen LogP contribution < -0.4 is 10.1 Å². The highest BCUT2D eigenvalue weighted by molar-refractivity contribution is 5.42. The highest BCUT2D eigenvalue weighted by atomic mass is 16.5. The van der Waals surface area contributed by atoms with E-state index in [0.29, 0.717) is 11.2 Å². The quantitative estimate of drug-likeness (QED) is 0.824. The van der Waals surface area contributed by atoms with Gasteiger partial charge in [-0.2, -0.15) is 0 Å². The highest BCUT2D eigenvalue weighted by Crippen LogP contribution is 2.44. The van der Waals surface area contributed by atoms with Crippen LogP contribution in [0.15, 0.2) is 18.2 Å². The molecule has 0 amide bonds. The van der Waals surface area contributed by atoms with Gasteiger partial charge < -0.3 is 15.2 Å². The van der Waals surface area contributed by atoms with Crippen LogP contribution >= 0.6 is 0 Å². The van der Waals surface area contributed by atoms with E-state index < -0.39 is 0 Å². The summed E-state index contributed by atoms with van der Waals surface area (Å²) in [4.78, 5) is 0. The van der Waals surface area contributed by atoms with E-state index in [-0.39, 0.29) is 11.8 Å². The second kappa shape index (κ2) is 4.57. The maximum atomic E-state index is 9.54. The molecule has 1 aliphatic rings. The molecule has 0 spiro atoms. The van der Waals surface area contributed by atoms with Gasteiger partial charge in [0.15, 0.2) is 11.5 Å². The maximum Gasteiger partial charge on any atom is 0.160 e. The van der Waals surface area contributed by atoms with E-state index in [1.165, 1.54) is 12.8 Å². The van der Waals surface area contributed by atoms with Gasteiger partial charge in [-0.1, -0.05) is 13.0 Å². The summed E-state index contributed by atoms with van der Waals surface area (Å²) >= 11 is 0. The fraction of sp³-hybridized carbons (Fsp3) is 0.571. The second-order valence-corrected chi connectivity index (χ2v) is 5.34. The number of hydrogen-bond acceptors (Lipinski definition) is 3. The summed E-state index contributed by atoms with van der Waals surface area (Å²) < 4.78 is 5.12. The van der Waals surface area contributed by atoms with Crippen molar-refractivity contribution < 1.29 is 9.84 Å². The molecular formula is C14H21NO2. The van der Waals surface area contributed by atoms with E-state index in [1.807, 2.05) is 12.1 Å². The molecule has 0 heterocycles. The molecule has 1 atom stereocenters. The predicted octanol–water partition coefficient (Wildman–Crippen LogP) is 2.85. The largest absolute Gasteiger partial charge is 0.504 e. The second-order valence-electron chi connectivity index (χ2n) is 5.34. The molecule has 2 rings (SSSR count). The lowest BCUT2D eigenvalue weighted by molar-refractivity contribution is 0.371. The molecule has 1 unspecified atom stereocenters. The summed E-state index contributed by atoms with van der Waals surface area (Å²) in [7, 11) is 1.57. The Balaban J connectivity index is 2.00. The van der Waals surface area contributed by atoms with E-state index in [0.717, 1.165) is 12.1 Å². The molecule has 0 bridgehead atoms. The van der Waals surface area contributed by atoms with Gasteiger partial charge in [0.2, 0.25) is 0 Å². The third-order valence-electron chi connectivity index (χ3n) is 3.64. The van der Waals surface area contributed by atoms with E-state index >= 15 is 0 Å². The first-order valence-corrected chi connectivity index (χ1v) is 6.14. The average Bonchev–Trinajstić information content (AvgIpc) is 3.05. The summed E-state index contributed by atoms with van der Waals surface area (Å²) in [6.45, 7) is 5.50. The minimum atomic E-state index is 0.192. The SMILES string of the molecule is COc1cc(C(C)NCC2(C)CC2)ccc1O. The van der Waals surface area contributed by atoms with Gasteiger partial charge in [-0.05, 0) is 42.9 Å². The van der Waals surface area contributed by atoms with Gasteiger partial charge in [0.05, 0.1) is 7.11 Å². The van der Waals surface area contributed by atoms with Gasteiger partial charge >= 0.3 is 0 Å². The van der Waals surface area contributed by atoms with Gasteiger partial charge in [-0.25, -0.2) is 0 Å². The number of hydrogen-bond donors (Lipinski definition) is 2. The van der Waals surface area contributed by atoms with Gasteiger partial charge in [0.1, 0.15) is 0 Å². The fourth-order valence-corrected chi connectivity index (χ4v) is 1.87. The molecule has 2 N–H and O–H groups in total. The molecule has 1 aromatic carbocycles. The highest BCUT2D eigenvalue weighted by Gasteiger charge is 2.36. The van der Waals surface area contributed by atoms with Crippen LogP contribution in [0.3, 0.4) is 0 Å². The zero-order valence-corrected chi connectivity index (χ0v) is 10.8. The van der Waals surface area contributed by atoms with Crippen LogP contribution in [0.5, 0.6) is 11.5 Å². The smallest absolute Gasteiger partial charge is 0.160 e. The molecule has 3 heteroatoms. The first-order chi connectivity index (χ1) is 8.04. The summed E-state index contributed by atoms with van der Waals surface area (Å²) in [6.07, 6.45) is 2.65. The van der Waals surface area contributed by atoms with Gasteiger partial charge in [0.25, 0.3) is 0 Å². The molecule has 17 heavy (non-hydrogen) atoms. The molecule has 3 nitrogen and oxygen atoms in total. The summed E-state index contributed by atoms with van der Waals surface area (Å²) in [5, 5.41) is 13.1. The van der Waals surface area contributed by atoms with Crippen LogP contribution in [0.4, 0.5) is 0 Å². The number of nitrogens with one attached hydrogen (secondary N) is 1. The molecule has 1 aromatic rings. The zero-order chi connectivity index (χ0) is 12.5. The molecule has 0 saturated heterocycles. The summed E-state index contributed by atoms with van der Waals surface area (Å²) in [5.41, 5.74) is 1.65. The lowest BCUT2D eigenvalue weighted by atomic mass is 10.1. The van der Waals surface area contributed by atoms with E-state index in [2.05, 4.69) is 19.2 Å². The van der Waals surface area contributed by atoms with Crippen molar-refractivity contribution in [2.45, 2.75) is 32.7 Å². The molecule has 0 radical (unpaired) electrons. The summed E-state index contributed by atoms with van der Waals surface area (Å²) in [5.74, 6) is 0.728. The first kappa shape index (κ1) is 12.2. The topological polar surface area (TPSA) is 41.5 Å². The van der Waals surface area contributed by atoms with Crippen LogP contribution in [-0.4, -0.2) is 18.8 Å². The zero-order valence-electron chi connectivity index (χ0n) is 10.8. The number of phenolic OH excluding ortho intramolecular Hbond substituents is 1. The maximum absolute atomic E-state index is 9.54. The Morgan fingerprint density at radius 2 is 2.18 bits per heavy atom. The van der Waals surface area contributed by atoms with E-state index in [1.54, 1.807) is 13.2 Å². The van der Waals surface area contributed by atoms with E-state index in [4.69, 9.17) is 4.74 Å². The van der Waals surface area contributed by atoms with Crippen molar-refractivity contribution in [2.24, 2.45) is 5.41 Å². The predicted molar refractivity (Wildman–Crippen MR) is 68.4 cm³/mol. The van der Waals surface area contributed by atoms with Crippen molar-refractivity contribution in [3.63, 3.8) is 0 Å². The van der Waals surface area contributed by atoms with Crippen LogP contribution in [0, 0.1) is 5.41 Å². The Hall–Kier alpha value is -1.22. The standard InChI is InChI=1S/C14H21NO2/c1-10(15-9-14(2)6-7-14)11-4-5-12(16)13(8-11)17-3/h4-5,8,10,15-16H,6-7,9H2,1-3H3. The normalized spacial score (nSPS) is 18.8. The molecule has 1 fully saturated rings. The van der Waals surface area contributed by atoms with Crippen molar-refractivity contribution in [1.29, 1.82) is 0 Å². The molecule has 1 aliphatic carbocycles. The van der Waals surface area contributed by atoms with Crippen LogP contribution in [-0.2, 0) is 0 Å². The lowest BCUT2D eigenvalue weighted by Gasteiger charge is -2.18. The minimum Gasteiger partial charge on any atom is -0.504 e. The number of aromatic hydroxyl groups is 1. The molecule has 1 saturated carbocycles. The number of phenols is 1. The molecule has 0 aromatic heterocycles. The fourth-order valence-electron chi connectivity index (χ4n) is 1.87. The third kappa shape index (κ3) is 2.91. The van der Waals surface area contributed by atoms with Gasteiger partial charge in [0, 0.05) is 12.6 Å². The lowest BCUT2D eigenvalue weighted by Crippen LogP contribution is -2.25. The van der Waals surface area contributed by atoms with Crippen LogP contribution in [0.25, 0.3) is 0 Å². The Bertz CT molecular complexity index is 399. The number of methoxy groups -OCH3 is 1. The van der Waals surface area contributed by atoms with Crippen molar-refractivity contribution in [2.75, 3.05) is 13.7 Å². The minimum absolute atomic E-state index is 0.192. The van der Waals surface area contributed by atoms with Crippen molar-refractivity contribution in [1.82, 2.24) is 5.32 Å². The number of rotatable bonds is 5. The van der Waals surface area contributed by atoms with Crippen molar-refractivity contribution in [3.8, 4) is 11.5 Å². The Labute approximate surface area is 103 Å². The summed E-state index contributed by atoms with van der Waals surface area (Å²) in [6, 6.07) is 5.79. The first-order valence-electron chi connectivity index (χ1n) is 6.14. The number of ether oxygens (including phenoxy) is 1. The van der Waals surface area contributed by atoms with Crippen LogP contribution in [0.1, 0.15) is 38.3 Å². The molecule has 94 valence electrons. The van der Waals surface area contributed by atoms with Crippen molar-refractivity contribution >= 4 is 0 Å². The molecular weight excluding hydrogens is 214 g/mol. The Morgan fingerprint density at radius 1 is 1.47 bits per heavy atom. The van der Waals surface area contributed by atoms with Crippen molar-refractivity contribution in [3.05, 3.63) is 23.8 Å². The average molecular weight is 235 g/mol. The van der Waals surface area contributed by atoms with Gasteiger partial charge in [-0.3, -0.25) is 0 Å².